The molecule has 0 aromatic heterocycles. The molecule has 0 unspecified atom stereocenters. The van der Waals surface area contributed by atoms with Gasteiger partial charge < -0.3 is 0 Å². The molecular formula is C15H18N2. The quantitative estimate of drug-likeness (QED) is 0.704. The van der Waals surface area contributed by atoms with Gasteiger partial charge in [-0.2, -0.15) is 0 Å². The highest BCUT2D eigenvalue weighted by Gasteiger charge is 1.98. The Morgan fingerprint density at radius 3 is 2.82 bits per heavy atom. The molecule has 0 fully saturated rings. The van der Waals surface area contributed by atoms with Crippen molar-refractivity contribution in [1.29, 1.82) is 0 Å². The van der Waals surface area contributed by atoms with E-state index in [-0.39, 0.29) is 0 Å². The minimum atomic E-state index is 1.04. The molecule has 1 aromatic rings. The Morgan fingerprint density at radius 2 is 1.94 bits per heavy atom. The summed E-state index contributed by atoms with van der Waals surface area (Å²) in [5.74, 6) is 0. The van der Waals surface area contributed by atoms with E-state index in [0.717, 1.165) is 11.6 Å². The maximum absolute atomic E-state index is 4.52. The molecule has 0 bridgehead atoms. The monoisotopic (exact) mass is 226 g/mol. The SMILES string of the molecule is CCCCCC1=c2ccccc2=CN=CC=N1. The van der Waals surface area contributed by atoms with Gasteiger partial charge in [0.05, 0.1) is 0 Å². The highest BCUT2D eigenvalue weighted by atomic mass is 14.8. The fraction of sp³-hybridized carbons (Fsp3) is 0.333. The summed E-state index contributed by atoms with van der Waals surface area (Å²) >= 11 is 0. The number of hydrogen-bond acceptors (Lipinski definition) is 2. The summed E-state index contributed by atoms with van der Waals surface area (Å²) in [6, 6.07) is 8.33. The second kappa shape index (κ2) is 6.14. The van der Waals surface area contributed by atoms with Crippen LogP contribution in [0.2, 0.25) is 0 Å². The zero-order valence-electron chi connectivity index (χ0n) is 10.3. The molecular weight excluding hydrogens is 208 g/mol. The van der Waals surface area contributed by atoms with Crippen molar-refractivity contribution >= 4 is 24.3 Å². The van der Waals surface area contributed by atoms with Crippen LogP contribution in [-0.4, -0.2) is 12.4 Å². The van der Waals surface area contributed by atoms with Crippen LogP contribution in [0.25, 0.3) is 11.9 Å². The van der Waals surface area contributed by atoms with Crippen LogP contribution in [0.15, 0.2) is 34.3 Å². The van der Waals surface area contributed by atoms with Crippen molar-refractivity contribution in [1.82, 2.24) is 0 Å². The van der Waals surface area contributed by atoms with Crippen LogP contribution in [0.1, 0.15) is 32.6 Å². The Kier molecular flexibility index (Phi) is 4.25. The third-order valence-corrected chi connectivity index (χ3v) is 2.89. The fourth-order valence-electron chi connectivity index (χ4n) is 1.97. The van der Waals surface area contributed by atoms with Crippen molar-refractivity contribution in [2.75, 3.05) is 0 Å². The van der Waals surface area contributed by atoms with E-state index in [0.29, 0.717) is 0 Å². The average Bonchev–Trinajstić information content (AvgIpc) is 2.34. The lowest BCUT2D eigenvalue weighted by molar-refractivity contribution is 0.731. The van der Waals surface area contributed by atoms with Gasteiger partial charge >= 0.3 is 0 Å². The highest BCUT2D eigenvalue weighted by molar-refractivity contribution is 6.17. The number of benzene rings is 1. The summed E-state index contributed by atoms with van der Waals surface area (Å²) in [6.45, 7) is 2.22. The van der Waals surface area contributed by atoms with E-state index in [2.05, 4.69) is 35.1 Å². The molecule has 0 N–H and O–H groups in total. The van der Waals surface area contributed by atoms with Gasteiger partial charge in [0.1, 0.15) is 0 Å². The van der Waals surface area contributed by atoms with E-state index in [1.165, 1.54) is 30.2 Å². The maximum Gasteiger partial charge on any atom is 0.0483 e. The van der Waals surface area contributed by atoms with Crippen molar-refractivity contribution in [2.24, 2.45) is 9.98 Å². The van der Waals surface area contributed by atoms with Crippen LogP contribution in [-0.2, 0) is 0 Å². The van der Waals surface area contributed by atoms with Crippen LogP contribution >= 0.6 is 0 Å². The maximum atomic E-state index is 4.52. The summed E-state index contributed by atoms with van der Waals surface area (Å²) in [4.78, 5) is 8.71. The van der Waals surface area contributed by atoms with Crippen molar-refractivity contribution < 1.29 is 0 Å². The molecule has 2 nitrogen and oxygen atoms in total. The first-order valence-corrected chi connectivity index (χ1v) is 6.26. The van der Waals surface area contributed by atoms with Crippen LogP contribution in [0.3, 0.4) is 0 Å². The van der Waals surface area contributed by atoms with Crippen molar-refractivity contribution in [3.63, 3.8) is 0 Å². The summed E-state index contributed by atoms with van der Waals surface area (Å²) in [5.41, 5.74) is 1.18. The standard InChI is InChI=1S/C15H18N2/c1-2-3-4-9-15-14-8-6-5-7-13(14)12-16-10-11-17-15/h5-8,10-12H,2-4,9H2,1H3. The molecule has 0 saturated carbocycles. The lowest BCUT2D eigenvalue weighted by atomic mass is 10.1. The van der Waals surface area contributed by atoms with Crippen molar-refractivity contribution in [3.8, 4) is 0 Å². The smallest absolute Gasteiger partial charge is 0.0483 e. The lowest BCUT2D eigenvalue weighted by Crippen LogP contribution is -2.26. The summed E-state index contributed by atoms with van der Waals surface area (Å²) in [7, 11) is 0. The van der Waals surface area contributed by atoms with Gasteiger partial charge in [-0.3, -0.25) is 9.98 Å². The molecule has 0 radical (unpaired) electrons. The van der Waals surface area contributed by atoms with Crippen LogP contribution in [0.4, 0.5) is 0 Å². The van der Waals surface area contributed by atoms with Gasteiger partial charge in [-0.1, -0.05) is 44.0 Å². The molecule has 0 saturated heterocycles. The van der Waals surface area contributed by atoms with Gasteiger partial charge in [0, 0.05) is 34.8 Å². The number of fused-ring (bicyclic) bond motifs is 1. The molecule has 0 aliphatic carbocycles. The second-order valence-corrected chi connectivity index (χ2v) is 4.20. The Labute approximate surface area is 102 Å². The third kappa shape index (κ3) is 3.13. The number of aliphatic imine (C=N–C) groups is 2. The van der Waals surface area contributed by atoms with Crippen LogP contribution in [0, 0.1) is 0 Å². The minimum absolute atomic E-state index is 1.04. The summed E-state index contributed by atoms with van der Waals surface area (Å²) in [6.07, 6.45) is 10.2. The number of unbranched alkanes of at least 4 members (excludes halogenated alkanes) is 2. The average molecular weight is 226 g/mol. The molecule has 2 heteroatoms. The van der Waals surface area contributed by atoms with Gasteiger partial charge in [-0.05, 0) is 12.8 Å². The highest BCUT2D eigenvalue weighted by Crippen LogP contribution is 2.09. The molecule has 1 aromatic carbocycles. The molecule has 88 valence electrons. The number of nitrogens with zero attached hydrogens (tertiary/aromatic N) is 2. The molecule has 1 heterocycles. The van der Waals surface area contributed by atoms with E-state index in [4.69, 9.17) is 0 Å². The third-order valence-electron chi connectivity index (χ3n) is 2.89. The van der Waals surface area contributed by atoms with Gasteiger partial charge in [0.25, 0.3) is 0 Å². The zero-order valence-corrected chi connectivity index (χ0v) is 10.3. The summed E-state index contributed by atoms with van der Waals surface area (Å²) in [5, 5.41) is 2.38. The van der Waals surface area contributed by atoms with Gasteiger partial charge in [-0.15, -0.1) is 0 Å². The summed E-state index contributed by atoms with van der Waals surface area (Å²) < 4.78 is 0. The molecule has 1 aliphatic rings. The molecule has 1 aliphatic heterocycles. The Balaban J connectivity index is 2.43. The van der Waals surface area contributed by atoms with Crippen LogP contribution in [0.5, 0.6) is 0 Å². The first-order valence-electron chi connectivity index (χ1n) is 6.26. The van der Waals surface area contributed by atoms with E-state index in [9.17, 15) is 0 Å². The van der Waals surface area contributed by atoms with Gasteiger partial charge in [-0.25, -0.2) is 0 Å². The van der Waals surface area contributed by atoms with Crippen LogP contribution < -0.4 is 10.4 Å². The first-order chi connectivity index (χ1) is 8.42. The molecule has 0 spiro atoms. The second-order valence-electron chi connectivity index (χ2n) is 4.20. The molecule has 2 rings (SSSR count). The zero-order chi connectivity index (χ0) is 11.9. The predicted molar refractivity (Wildman–Crippen MR) is 74.7 cm³/mol. The predicted octanol–water partition coefficient (Wildman–Crippen LogP) is 2.27. The van der Waals surface area contributed by atoms with Gasteiger partial charge in [0.15, 0.2) is 0 Å². The van der Waals surface area contributed by atoms with Crippen molar-refractivity contribution in [2.45, 2.75) is 32.6 Å². The van der Waals surface area contributed by atoms with E-state index >= 15 is 0 Å². The Morgan fingerprint density at radius 1 is 1.06 bits per heavy atom. The molecule has 0 atom stereocenters. The Bertz CT molecular complexity index is 538. The number of rotatable bonds is 4. The first kappa shape index (κ1) is 11.8. The van der Waals surface area contributed by atoms with E-state index < -0.39 is 0 Å². The number of hydrogen-bond donors (Lipinski definition) is 0. The fourth-order valence-corrected chi connectivity index (χ4v) is 1.97. The Hall–Kier alpha value is -1.70. The molecule has 0 amide bonds. The van der Waals surface area contributed by atoms with Crippen molar-refractivity contribution in [3.05, 3.63) is 34.7 Å². The van der Waals surface area contributed by atoms with E-state index in [1.807, 2.05) is 12.3 Å². The lowest BCUT2D eigenvalue weighted by Gasteiger charge is -2.03. The van der Waals surface area contributed by atoms with E-state index in [1.54, 1.807) is 12.4 Å². The minimum Gasteiger partial charge on any atom is -0.262 e. The van der Waals surface area contributed by atoms with Gasteiger partial charge in [0.2, 0.25) is 0 Å². The molecule has 17 heavy (non-hydrogen) atoms. The normalized spacial score (nSPS) is 13.8. The topological polar surface area (TPSA) is 24.7 Å². The largest absolute Gasteiger partial charge is 0.262 e.